The van der Waals surface area contributed by atoms with Crippen LogP contribution in [0.3, 0.4) is 0 Å². The van der Waals surface area contributed by atoms with Gasteiger partial charge in [-0.15, -0.1) is 0 Å². The molecular weight excluding hydrogens is 210 g/mol. The largest absolute Gasteiger partial charge is 0.428 e. The molecule has 0 amide bonds. The van der Waals surface area contributed by atoms with Crippen LogP contribution in [0.5, 0.6) is 5.75 Å². The Bertz CT molecular complexity index is 405. The van der Waals surface area contributed by atoms with Crippen molar-refractivity contribution in [1.82, 2.24) is 15.1 Å². The minimum Gasteiger partial charge on any atom is -0.428 e. The summed E-state index contributed by atoms with van der Waals surface area (Å²) in [5, 5.41) is 7.96. The summed E-state index contributed by atoms with van der Waals surface area (Å²) >= 11 is 4.99. The Morgan fingerprint density at radius 1 is 1.53 bits per heavy atom. The lowest BCUT2D eigenvalue weighted by Gasteiger charge is -2.20. The Balaban J connectivity index is 2.43. The van der Waals surface area contributed by atoms with Crippen LogP contribution < -0.4 is 10.1 Å². The van der Waals surface area contributed by atoms with Crippen molar-refractivity contribution in [2.24, 2.45) is 0 Å². The van der Waals surface area contributed by atoms with E-state index in [9.17, 15) is 0 Å². The summed E-state index contributed by atoms with van der Waals surface area (Å²) in [5.41, 5.74) is 0.876. The fraction of sp³-hybridized carbons (Fsp3) is 0.600. The third kappa shape index (κ3) is 1.84. The van der Waals surface area contributed by atoms with Gasteiger partial charge in [0.15, 0.2) is 5.75 Å². The molecule has 2 rings (SSSR count). The van der Waals surface area contributed by atoms with Gasteiger partial charge in [0.2, 0.25) is 0 Å². The van der Waals surface area contributed by atoms with E-state index in [2.05, 4.69) is 31.2 Å². The standard InChI is InChI=1S/C10H15N3OS/c1-6-8-7(14-9(15)11-6)5-13(12-8)10(2,3)4/h5-6H,1-4H3,(H,11,15). The van der Waals surface area contributed by atoms with Crippen LogP contribution in [-0.4, -0.2) is 15.0 Å². The number of hydrogen-bond acceptors (Lipinski definition) is 3. The molecule has 1 unspecified atom stereocenters. The Labute approximate surface area is 94.6 Å². The maximum absolute atomic E-state index is 5.42. The number of fused-ring (bicyclic) bond motifs is 1. The summed E-state index contributed by atoms with van der Waals surface area (Å²) < 4.78 is 7.32. The smallest absolute Gasteiger partial charge is 0.262 e. The first-order valence-electron chi connectivity index (χ1n) is 4.96. The molecule has 1 atom stereocenters. The van der Waals surface area contributed by atoms with Gasteiger partial charge in [0.05, 0.1) is 17.8 Å². The molecule has 1 aromatic rings. The highest BCUT2D eigenvalue weighted by molar-refractivity contribution is 7.80. The van der Waals surface area contributed by atoms with Crippen LogP contribution >= 0.6 is 12.2 Å². The van der Waals surface area contributed by atoms with Crippen molar-refractivity contribution in [2.75, 3.05) is 0 Å². The first-order chi connectivity index (χ1) is 6.88. The minimum absolute atomic E-state index is 0.0396. The van der Waals surface area contributed by atoms with E-state index in [1.54, 1.807) is 0 Å². The third-order valence-corrected chi connectivity index (χ3v) is 2.54. The normalized spacial score (nSPS) is 20.5. The summed E-state index contributed by atoms with van der Waals surface area (Å²) in [6.07, 6.45) is 1.90. The first-order valence-corrected chi connectivity index (χ1v) is 5.37. The number of hydrogen-bond donors (Lipinski definition) is 1. The molecule has 0 saturated carbocycles. The van der Waals surface area contributed by atoms with Crippen LogP contribution in [0, 0.1) is 0 Å². The second kappa shape index (κ2) is 3.20. The van der Waals surface area contributed by atoms with Crippen molar-refractivity contribution < 1.29 is 4.74 Å². The van der Waals surface area contributed by atoms with E-state index in [4.69, 9.17) is 17.0 Å². The molecule has 1 N–H and O–H groups in total. The molecule has 4 nitrogen and oxygen atoms in total. The fourth-order valence-electron chi connectivity index (χ4n) is 1.47. The third-order valence-electron chi connectivity index (χ3n) is 2.34. The summed E-state index contributed by atoms with van der Waals surface area (Å²) in [6, 6.07) is 0.116. The maximum Gasteiger partial charge on any atom is 0.262 e. The molecule has 0 saturated heterocycles. The van der Waals surface area contributed by atoms with Crippen LogP contribution in [0.4, 0.5) is 0 Å². The number of ether oxygens (including phenoxy) is 1. The lowest BCUT2D eigenvalue weighted by molar-refractivity contribution is 0.351. The van der Waals surface area contributed by atoms with Crippen LogP contribution in [0.2, 0.25) is 0 Å². The summed E-state index contributed by atoms with van der Waals surface area (Å²) in [7, 11) is 0. The quantitative estimate of drug-likeness (QED) is 0.685. The minimum atomic E-state index is -0.0396. The average molecular weight is 225 g/mol. The van der Waals surface area contributed by atoms with Crippen LogP contribution in [0.1, 0.15) is 39.4 Å². The highest BCUT2D eigenvalue weighted by atomic mass is 32.1. The molecule has 0 bridgehead atoms. The van der Waals surface area contributed by atoms with Crippen molar-refractivity contribution in [3.8, 4) is 5.75 Å². The number of nitrogens with zero attached hydrogens (tertiary/aromatic N) is 2. The monoisotopic (exact) mass is 225 g/mol. The molecule has 1 aliphatic heterocycles. The number of thiocarbonyl (C=S) groups is 1. The molecule has 2 heterocycles. The van der Waals surface area contributed by atoms with Crippen molar-refractivity contribution in [3.05, 3.63) is 11.9 Å². The maximum atomic E-state index is 5.42. The van der Waals surface area contributed by atoms with Crippen LogP contribution in [0.15, 0.2) is 6.20 Å². The van der Waals surface area contributed by atoms with E-state index < -0.39 is 0 Å². The van der Waals surface area contributed by atoms with Crippen LogP contribution in [-0.2, 0) is 5.54 Å². The topological polar surface area (TPSA) is 39.1 Å². The Hall–Kier alpha value is -1.10. The summed E-state index contributed by atoms with van der Waals surface area (Å²) in [6.45, 7) is 8.32. The van der Waals surface area contributed by atoms with E-state index >= 15 is 0 Å². The lowest BCUT2D eigenvalue weighted by atomic mass is 10.1. The molecule has 1 aliphatic rings. The molecule has 0 aromatic carbocycles. The zero-order valence-electron chi connectivity index (χ0n) is 9.37. The molecule has 1 aromatic heterocycles. The van der Waals surface area contributed by atoms with E-state index in [1.165, 1.54) is 0 Å². The van der Waals surface area contributed by atoms with Gasteiger partial charge in [0.1, 0.15) is 5.69 Å². The molecule has 82 valence electrons. The van der Waals surface area contributed by atoms with Gasteiger partial charge in [-0.3, -0.25) is 4.68 Å². The summed E-state index contributed by atoms with van der Waals surface area (Å²) in [5.74, 6) is 0.765. The second-order valence-electron chi connectivity index (χ2n) is 4.75. The zero-order chi connectivity index (χ0) is 11.2. The van der Waals surface area contributed by atoms with Crippen molar-refractivity contribution >= 4 is 17.4 Å². The van der Waals surface area contributed by atoms with Gasteiger partial charge in [-0.2, -0.15) is 5.10 Å². The highest BCUT2D eigenvalue weighted by Crippen LogP contribution is 2.29. The Morgan fingerprint density at radius 2 is 2.20 bits per heavy atom. The second-order valence-corrected chi connectivity index (χ2v) is 5.12. The van der Waals surface area contributed by atoms with Gasteiger partial charge in [0.25, 0.3) is 5.17 Å². The molecule has 5 heteroatoms. The predicted octanol–water partition coefficient (Wildman–Crippen LogP) is 1.97. The fourth-order valence-corrected chi connectivity index (χ4v) is 1.73. The lowest BCUT2D eigenvalue weighted by Crippen LogP contribution is -2.34. The summed E-state index contributed by atoms with van der Waals surface area (Å²) in [4.78, 5) is 0. The van der Waals surface area contributed by atoms with E-state index in [0.29, 0.717) is 5.17 Å². The van der Waals surface area contributed by atoms with E-state index in [-0.39, 0.29) is 11.6 Å². The number of aromatic nitrogens is 2. The Kier molecular flexibility index (Phi) is 2.22. The molecule has 15 heavy (non-hydrogen) atoms. The predicted molar refractivity (Wildman–Crippen MR) is 62.0 cm³/mol. The van der Waals surface area contributed by atoms with Gasteiger partial charge in [0, 0.05) is 0 Å². The zero-order valence-corrected chi connectivity index (χ0v) is 10.2. The highest BCUT2D eigenvalue weighted by Gasteiger charge is 2.27. The molecule has 0 aliphatic carbocycles. The van der Waals surface area contributed by atoms with Gasteiger partial charge < -0.3 is 10.1 Å². The Morgan fingerprint density at radius 3 is 2.80 bits per heavy atom. The first kappa shape index (κ1) is 10.4. The van der Waals surface area contributed by atoms with Gasteiger partial charge in [-0.1, -0.05) is 0 Å². The van der Waals surface area contributed by atoms with E-state index in [1.807, 2.05) is 17.8 Å². The van der Waals surface area contributed by atoms with Gasteiger partial charge >= 0.3 is 0 Å². The molecule has 0 radical (unpaired) electrons. The number of nitrogens with one attached hydrogen (secondary N) is 1. The molecule has 0 spiro atoms. The number of rotatable bonds is 0. The van der Waals surface area contributed by atoms with Gasteiger partial charge in [-0.05, 0) is 39.9 Å². The van der Waals surface area contributed by atoms with Crippen LogP contribution in [0.25, 0.3) is 0 Å². The van der Waals surface area contributed by atoms with Crippen molar-refractivity contribution in [2.45, 2.75) is 39.3 Å². The van der Waals surface area contributed by atoms with Crippen molar-refractivity contribution in [1.29, 1.82) is 0 Å². The van der Waals surface area contributed by atoms with Crippen molar-refractivity contribution in [3.63, 3.8) is 0 Å². The molecule has 0 fully saturated rings. The van der Waals surface area contributed by atoms with Gasteiger partial charge in [-0.25, -0.2) is 0 Å². The van der Waals surface area contributed by atoms with E-state index in [0.717, 1.165) is 11.4 Å². The molecular formula is C10H15N3OS. The SMILES string of the molecule is CC1NC(=S)Oc2cn(C(C)(C)C)nc21. The average Bonchev–Trinajstić information content (AvgIpc) is 2.46.